The van der Waals surface area contributed by atoms with Crippen molar-refractivity contribution in [1.29, 1.82) is 0 Å². The molecule has 0 aliphatic carbocycles. The lowest BCUT2D eigenvalue weighted by atomic mass is 9.76. The van der Waals surface area contributed by atoms with E-state index < -0.39 is 0 Å². The molecular formula is C13H25NP4. The fraction of sp³-hybridized carbons (Fsp3) is 0.615. The van der Waals surface area contributed by atoms with Crippen LogP contribution in [0.5, 0.6) is 0 Å². The van der Waals surface area contributed by atoms with Gasteiger partial charge in [0.15, 0.2) is 0 Å². The van der Waals surface area contributed by atoms with E-state index >= 15 is 0 Å². The lowest BCUT2D eigenvalue weighted by molar-refractivity contribution is 0.531. The summed E-state index contributed by atoms with van der Waals surface area (Å²) in [6.07, 6.45) is 4.13. The van der Waals surface area contributed by atoms with Crippen LogP contribution in [0, 0.1) is 0 Å². The molecule has 0 spiro atoms. The van der Waals surface area contributed by atoms with Crippen LogP contribution in [0.25, 0.3) is 0 Å². The first kappa shape index (κ1) is 16.9. The molecule has 1 nitrogen and oxygen atoms in total. The highest BCUT2D eigenvalue weighted by Gasteiger charge is 2.29. The summed E-state index contributed by atoms with van der Waals surface area (Å²) in [5, 5.41) is 1.45. The van der Waals surface area contributed by atoms with E-state index in [1.807, 2.05) is 0 Å². The standard InChI is InChI=1S/C13H25NP4/c1-12(2,3)9-7-14-8-10(18(16)17-15)11(9)13(4,5)6/h7-8,17H,15-16H2,1-6H3. The second-order valence-corrected chi connectivity index (χ2v) is 15.7. The Morgan fingerprint density at radius 2 is 1.61 bits per heavy atom. The van der Waals surface area contributed by atoms with Crippen molar-refractivity contribution in [3.05, 3.63) is 23.5 Å². The van der Waals surface area contributed by atoms with Crippen LogP contribution >= 0.6 is 33.1 Å². The summed E-state index contributed by atoms with van der Waals surface area (Å²) < 4.78 is 0. The van der Waals surface area contributed by atoms with Crippen LogP contribution in [0.2, 0.25) is 0 Å². The van der Waals surface area contributed by atoms with Crippen molar-refractivity contribution in [2.75, 3.05) is 0 Å². The van der Waals surface area contributed by atoms with Crippen molar-refractivity contribution in [1.82, 2.24) is 4.98 Å². The third-order valence-electron chi connectivity index (χ3n) is 2.88. The third kappa shape index (κ3) is 3.93. The molecule has 0 N–H and O–H groups in total. The molecule has 0 amide bonds. The predicted molar refractivity (Wildman–Crippen MR) is 95.9 cm³/mol. The fourth-order valence-electron chi connectivity index (χ4n) is 2.06. The second kappa shape index (κ2) is 6.10. The van der Waals surface area contributed by atoms with Gasteiger partial charge in [-0.05, 0) is 29.3 Å². The molecular weight excluding hydrogens is 294 g/mol. The van der Waals surface area contributed by atoms with Gasteiger partial charge in [0.2, 0.25) is 0 Å². The topological polar surface area (TPSA) is 12.9 Å². The Hall–Kier alpha value is 0.870. The Morgan fingerprint density at radius 1 is 1.06 bits per heavy atom. The lowest BCUT2D eigenvalue weighted by Gasteiger charge is -2.33. The molecule has 0 aromatic carbocycles. The lowest BCUT2D eigenvalue weighted by Crippen LogP contribution is -2.28. The molecule has 1 aromatic heterocycles. The minimum atomic E-state index is -0.177. The Labute approximate surface area is 119 Å². The fourth-order valence-corrected chi connectivity index (χ4v) is 5.85. The Balaban J connectivity index is 3.56. The van der Waals surface area contributed by atoms with Crippen LogP contribution in [-0.2, 0) is 10.8 Å². The van der Waals surface area contributed by atoms with E-state index in [-0.39, 0.29) is 18.1 Å². The van der Waals surface area contributed by atoms with E-state index in [9.17, 15) is 0 Å². The summed E-state index contributed by atoms with van der Waals surface area (Å²) in [4.78, 5) is 4.49. The largest absolute Gasteiger partial charge is 0.264 e. The second-order valence-electron chi connectivity index (χ2n) is 6.58. The zero-order valence-corrected chi connectivity index (χ0v) is 16.4. The van der Waals surface area contributed by atoms with Gasteiger partial charge in [0.25, 0.3) is 0 Å². The molecule has 0 aliphatic heterocycles. The minimum Gasteiger partial charge on any atom is -0.264 e. The van der Waals surface area contributed by atoms with Crippen molar-refractivity contribution in [3.8, 4) is 0 Å². The smallest absolute Gasteiger partial charge is 0.0354 e. The molecule has 5 heteroatoms. The van der Waals surface area contributed by atoms with Crippen molar-refractivity contribution in [3.63, 3.8) is 0 Å². The van der Waals surface area contributed by atoms with Crippen LogP contribution in [0.4, 0.5) is 0 Å². The molecule has 0 saturated heterocycles. The molecule has 0 saturated carbocycles. The molecule has 102 valence electrons. The summed E-state index contributed by atoms with van der Waals surface area (Å²) in [5.74, 6) is 0. The molecule has 4 unspecified atom stereocenters. The first-order valence-electron chi connectivity index (χ1n) is 6.09. The normalized spacial score (nSPS) is 15.3. The molecule has 4 atom stereocenters. The van der Waals surface area contributed by atoms with E-state index in [2.05, 4.69) is 76.8 Å². The van der Waals surface area contributed by atoms with Crippen molar-refractivity contribution in [2.45, 2.75) is 52.4 Å². The van der Waals surface area contributed by atoms with E-state index in [1.54, 1.807) is 0 Å². The maximum Gasteiger partial charge on any atom is 0.0354 e. The van der Waals surface area contributed by atoms with Crippen LogP contribution < -0.4 is 5.30 Å². The van der Waals surface area contributed by atoms with Gasteiger partial charge in [-0.2, -0.15) is 0 Å². The van der Waals surface area contributed by atoms with E-state index in [0.29, 0.717) is 0 Å². The zero-order chi connectivity index (χ0) is 14.1. The van der Waals surface area contributed by atoms with Crippen molar-refractivity contribution >= 4 is 38.4 Å². The first-order valence-corrected chi connectivity index (χ1v) is 12.7. The van der Waals surface area contributed by atoms with E-state index in [4.69, 9.17) is 0 Å². The molecule has 0 aliphatic rings. The summed E-state index contributed by atoms with van der Waals surface area (Å²) in [7, 11) is 6.60. The Kier molecular flexibility index (Phi) is 5.74. The van der Waals surface area contributed by atoms with Crippen LogP contribution in [0.1, 0.15) is 52.7 Å². The SMILES string of the molecule is CC(C)(C)c1cncc(P(P)PP)c1C(C)(C)C. The number of hydrogen-bond acceptors (Lipinski definition) is 1. The highest BCUT2D eigenvalue weighted by atomic mass is 32.6. The van der Waals surface area contributed by atoms with Gasteiger partial charge in [-0.15, -0.1) is 17.9 Å². The number of nitrogens with zero attached hydrogens (tertiary/aromatic N) is 1. The Bertz CT molecular complexity index is 418. The molecule has 1 heterocycles. The highest BCUT2D eigenvalue weighted by Crippen LogP contribution is 2.65. The quantitative estimate of drug-likeness (QED) is 0.702. The maximum atomic E-state index is 4.49. The van der Waals surface area contributed by atoms with Gasteiger partial charge in [0, 0.05) is 17.7 Å². The predicted octanol–water partition coefficient (Wildman–Crippen LogP) is 4.96. The average Bonchev–Trinajstić information content (AvgIpc) is 2.24. The number of pyridine rings is 1. The zero-order valence-electron chi connectivity index (χ0n) is 12.2. The highest BCUT2D eigenvalue weighted by molar-refractivity contribution is 8.63. The molecule has 1 aromatic rings. The van der Waals surface area contributed by atoms with Crippen LogP contribution in [0.15, 0.2) is 12.4 Å². The first-order chi connectivity index (χ1) is 8.09. The maximum absolute atomic E-state index is 4.49. The van der Waals surface area contributed by atoms with Gasteiger partial charge < -0.3 is 0 Å². The van der Waals surface area contributed by atoms with Crippen molar-refractivity contribution < 1.29 is 0 Å². The van der Waals surface area contributed by atoms with Gasteiger partial charge >= 0.3 is 0 Å². The van der Waals surface area contributed by atoms with E-state index in [1.165, 1.54) is 16.4 Å². The molecule has 0 fully saturated rings. The van der Waals surface area contributed by atoms with Crippen molar-refractivity contribution in [2.24, 2.45) is 0 Å². The van der Waals surface area contributed by atoms with Gasteiger partial charge in [0.1, 0.15) is 0 Å². The van der Waals surface area contributed by atoms with E-state index in [0.717, 1.165) is 7.96 Å². The molecule has 0 radical (unpaired) electrons. The molecule has 1 rings (SSSR count). The van der Waals surface area contributed by atoms with Gasteiger partial charge in [0.05, 0.1) is 0 Å². The minimum absolute atomic E-state index is 0.149. The number of rotatable bonds is 2. The van der Waals surface area contributed by atoms with Gasteiger partial charge in [-0.3, -0.25) is 4.98 Å². The van der Waals surface area contributed by atoms with Gasteiger partial charge in [-0.25, -0.2) is 0 Å². The van der Waals surface area contributed by atoms with Crippen LogP contribution in [0.3, 0.4) is 0 Å². The van der Waals surface area contributed by atoms with Crippen LogP contribution in [-0.4, -0.2) is 4.98 Å². The number of hydrogen-bond donors (Lipinski definition) is 0. The summed E-state index contributed by atoms with van der Waals surface area (Å²) >= 11 is 0. The molecule has 18 heavy (non-hydrogen) atoms. The Morgan fingerprint density at radius 3 is 2.00 bits per heavy atom. The average molecular weight is 319 g/mol. The summed E-state index contributed by atoms with van der Waals surface area (Å²) in [6.45, 7) is 13.7. The third-order valence-corrected chi connectivity index (χ3v) is 12.9. The summed E-state index contributed by atoms with van der Waals surface area (Å²) in [6, 6.07) is 0. The molecule has 0 bridgehead atoms. The monoisotopic (exact) mass is 319 g/mol. The summed E-state index contributed by atoms with van der Waals surface area (Å²) in [5.41, 5.74) is 3.21. The number of aromatic nitrogens is 1. The van der Waals surface area contributed by atoms with Gasteiger partial charge in [-0.1, -0.05) is 49.5 Å².